The number of fused-ring (bicyclic) bond motifs is 3. The first-order chi connectivity index (χ1) is 23.1. The van der Waals surface area contributed by atoms with Crippen molar-refractivity contribution in [3.8, 4) is 17.0 Å². The van der Waals surface area contributed by atoms with E-state index in [4.69, 9.17) is 23.9 Å². The molecule has 4 aliphatic rings. The van der Waals surface area contributed by atoms with E-state index in [0.717, 1.165) is 62.0 Å². The van der Waals surface area contributed by atoms with Crippen molar-refractivity contribution in [3.63, 3.8) is 0 Å². The number of amides is 2. The lowest BCUT2D eigenvalue weighted by Crippen LogP contribution is -2.52. The zero-order valence-electron chi connectivity index (χ0n) is 29.3. The van der Waals surface area contributed by atoms with Gasteiger partial charge in [-0.25, -0.2) is 14.8 Å². The fourth-order valence-corrected chi connectivity index (χ4v) is 8.23. The Bertz CT molecular complexity index is 1570. The number of nitrogens with one attached hydrogen (secondary N) is 1. The SMILES string of the molecule is CCCNC(=O)OC1CCC(C(=O)N(CC23CCC(c4ccc(OC)c(C)c4)(CC2)CC3)c2cc(-c3coc(C(C)C)n3)ccn2)CC1. The number of aromatic nitrogens is 2. The van der Waals surface area contributed by atoms with Gasteiger partial charge in [-0.05, 0) is 118 Å². The van der Waals surface area contributed by atoms with E-state index < -0.39 is 0 Å². The Morgan fingerprint density at radius 1 is 1.04 bits per heavy atom. The van der Waals surface area contributed by atoms with Gasteiger partial charge in [0.25, 0.3) is 0 Å². The van der Waals surface area contributed by atoms with Crippen LogP contribution >= 0.6 is 0 Å². The lowest BCUT2D eigenvalue weighted by atomic mass is 9.51. The summed E-state index contributed by atoms with van der Waals surface area (Å²) in [5, 5.41) is 2.80. The summed E-state index contributed by atoms with van der Waals surface area (Å²) in [5.41, 5.74) is 4.49. The first kappa shape index (κ1) is 34.0. The number of anilines is 1. The smallest absolute Gasteiger partial charge is 0.407 e. The molecule has 0 spiro atoms. The van der Waals surface area contributed by atoms with Crippen LogP contribution in [0.25, 0.3) is 11.3 Å². The molecule has 2 aromatic heterocycles. The highest BCUT2D eigenvalue weighted by Gasteiger charge is 2.51. The van der Waals surface area contributed by atoms with Crippen molar-refractivity contribution < 1.29 is 23.5 Å². The summed E-state index contributed by atoms with van der Waals surface area (Å²) in [6.07, 6.45) is 13.2. The fraction of sp³-hybridized carbons (Fsp3) is 0.590. The number of rotatable bonds is 11. The zero-order valence-corrected chi connectivity index (χ0v) is 29.3. The van der Waals surface area contributed by atoms with E-state index in [-0.39, 0.29) is 40.8 Å². The van der Waals surface area contributed by atoms with E-state index in [1.807, 2.05) is 24.0 Å². The van der Waals surface area contributed by atoms with E-state index >= 15 is 0 Å². The third-order valence-corrected chi connectivity index (χ3v) is 11.3. The number of benzene rings is 1. The molecule has 2 bridgehead atoms. The lowest BCUT2D eigenvalue weighted by molar-refractivity contribution is -0.124. The van der Waals surface area contributed by atoms with Crippen molar-refractivity contribution >= 4 is 17.8 Å². The minimum Gasteiger partial charge on any atom is -0.496 e. The van der Waals surface area contributed by atoms with E-state index in [0.29, 0.717) is 50.5 Å². The molecular formula is C39H52N4O5. The van der Waals surface area contributed by atoms with Gasteiger partial charge < -0.3 is 19.2 Å². The molecule has 3 aromatic rings. The largest absolute Gasteiger partial charge is 0.496 e. The molecule has 9 heteroatoms. The highest BCUT2D eigenvalue weighted by Crippen LogP contribution is 2.58. The molecule has 1 N–H and O–H groups in total. The Morgan fingerprint density at radius 2 is 1.77 bits per heavy atom. The number of hydrogen-bond acceptors (Lipinski definition) is 7. The Kier molecular flexibility index (Phi) is 10.1. The average Bonchev–Trinajstić information content (AvgIpc) is 3.62. The van der Waals surface area contributed by atoms with Gasteiger partial charge in [0.2, 0.25) is 5.91 Å². The first-order valence-electron chi connectivity index (χ1n) is 18.0. The summed E-state index contributed by atoms with van der Waals surface area (Å²) in [5.74, 6) is 2.47. The topological polar surface area (TPSA) is 107 Å². The van der Waals surface area contributed by atoms with Gasteiger partial charge >= 0.3 is 6.09 Å². The van der Waals surface area contributed by atoms with E-state index in [1.54, 1.807) is 19.6 Å². The van der Waals surface area contributed by atoms with Crippen LogP contribution < -0.4 is 15.0 Å². The number of alkyl carbamates (subject to hydrolysis) is 1. The number of methoxy groups -OCH3 is 1. The van der Waals surface area contributed by atoms with E-state index in [2.05, 4.69) is 44.3 Å². The maximum atomic E-state index is 14.6. The summed E-state index contributed by atoms with van der Waals surface area (Å²) in [6.45, 7) is 9.52. The molecule has 0 aliphatic heterocycles. The first-order valence-corrected chi connectivity index (χ1v) is 18.0. The number of oxazole rings is 1. The van der Waals surface area contributed by atoms with Gasteiger partial charge in [-0.15, -0.1) is 0 Å². The quantitative estimate of drug-likeness (QED) is 0.221. The van der Waals surface area contributed by atoms with Crippen molar-refractivity contribution in [3.05, 3.63) is 59.8 Å². The van der Waals surface area contributed by atoms with Crippen molar-refractivity contribution in [2.24, 2.45) is 11.3 Å². The van der Waals surface area contributed by atoms with Gasteiger partial charge in [0.05, 0.1) is 7.11 Å². The maximum absolute atomic E-state index is 14.6. The summed E-state index contributed by atoms with van der Waals surface area (Å²) >= 11 is 0. The highest BCUT2D eigenvalue weighted by molar-refractivity contribution is 5.95. The number of hydrogen-bond donors (Lipinski definition) is 1. The molecular weight excluding hydrogens is 604 g/mol. The zero-order chi connectivity index (χ0) is 33.9. The molecule has 9 nitrogen and oxygen atoms in total. The summed E-state index contributed by atoms with van der Waals surface area (Å²) in [4.78, 5) is 38.2. The monoisotopic (exact) mass is 656 g/mol. The molecule has 0 atom stereocenters. The lowest BCUT2D eigenvalue weighted by Gasteiger charge is -2.55. The molecule has 0 unspecified atom stereocenters. The second-order valence-electron chi connectivity index (χ2n) is 14.8. The molecule has 1 aromatic carbocycles. The molecule has 258 valence electrons. The molecule has 4 saturated carbocycles. The van der Waals surface area contributed by atoms with Crippen molar-refractivity contribution in [1.82, 2.24) is 15.3 Å². The van der Waals surface area contributed by atoms with Gasteiger partial charge in [-0.1, -0.05) is 32.9 Å². The summed E-state index contributed by atoms with van der Waals surface area (Å²) < 4.78 is 17.0. The number of carbonyl (C=O) groups is 2. The van der Waals surface area contributed by atoms with Crippen LogP contribution in [-0.2, 0) is 14.9 Å². The predicted octanol–water partition coefficient (Wildman–Crippen LogP) is 8.50. The van der Waals surface area contributed by atoms with Crippen molar-refractivity contribution in [2.75, 3.05) is 25.1 Å². The second-order valence-corrected chi connectivity index (χ2v) is 14.8. The van der Waals surface area contributed by atoms with Crippen LogP contribution in [0, 0.1) is 18.3 Å². The van der Waals surface area contributed by atoms with Gasteiger partial charge in [-0.2, -0.15) is 0 Å². The molecule has 7 rings (SSSR count). The molecule has 4 fully saturated rings. The summed E-state index contributed by atoms with van der Waals surface area (Å²) in [7, 11) is 1.73. The van der Waals surface area contributed by atoms with Crippen LogP contribution in [0.4, 0.5) is 10.6 Å². The minimum absolute atomic E-state index is 0.0486. The number of carbonyl (C=O) groups excluding carboxylic acids is 2. The van der Waals surface area contributed by atoms with E-state index in [1.165, 1.54) is 11.1 Å². The number of nitrogens with zero attached hydrogens (tertiary/aromatic N) is 3. The van der Waals surface area contributed by atoms with Crippen LogP contribution in [-0.4, -0.2) is 48.3 Å². The Labute approximate surface area is 285 Å². The van der Waals surface area contributed by atoms with Crippen molar-refractivity contribution in [2.45, 2.75) is 116 Å². The third kappa shape index (κ3) is 7.10. The Morgan fingerprint density at radius 3 is 2.40 bits per heavy atom. The number of ether oxygens (including phenoxy) is 2. The van der Waals surface area contributed by atoms with Gasteiger partial charge in [0.1, 0.15) is 29.6 Å². The molecule has 4 aliphatic carbocycles. The highest BCUT2D eigenvalue weighted by atomic mass is 16.6. The van der Waals surface area contributed by atoms with Crippen molar-refractivity contribution in [1.29, 1.82) is 0 Å². The standard InChI is InChI=1S/C39H52N4O5/c1-6-20-41-37(45)48-31-10-7-28(8-11-31)36(44)43(34-23-29(13-21-40-34)32-24-47-35(42-32)26(2)3)25-38-14-17-39(18-15-38,19-16-38)30-9-12-33(46-5)27(4)22-30/h9,12-13,21-24,26,28,31H,6-8,10-11,14-20,25H2,1-5H3,(H,41,45). The predicted molar refractivity (Wildman–Crippen MR) is 186 cm³/mol. The normalized spacial score (nSPS) is 25.1. The van der Waals surface area contributed by atoms with Crippen LogP contribution in [0.5, 0.6) is 5.75 Å². The molecule has 2 heterocycles. The fourth-order valence-electron chi connectivity index (χ4n) is 8.23. The maximum Gasteiger partial charge on any atom is 0.407 e. The Balaban J connectivity index is 1.22. The number of aryl methyl sites for hydroxylation is 1. The molecule has 0 radical (unpaired) electrons. The Hall–Kier alpha value is -3.88. The van der Waals surface area contributed by atoms with Crippen LogP contribution in [0.15, 0.2) is 47.2 Å². The molecule has 48 heavy (non-hydrogen) atoms. The van der Waals surface area contributed by atoms with E-state index in [9.17, 15) is 9.59 Å². The van der Waals surface area contributed by atoms with Crippen LogP contribution in [0.3, 0.4) is 0 Å². The average molecular weight is 657 g/mol. The third-order valence-electron chi connectivity index (χ3n) is 11.3. The molecule has 0 saturated heterocycles. The minimum atomic E-state index is -0.364. The van der Waals surface area contributed by atoms with Crippen LogP contribution in [0.1, 0.15) is 114 Å². The van der Waals surface area contributed by atoms with Gasteiger partial charge in [-0.3, -0.25) is 9.69 Å². The van der Waals surface area contributed by atoms with Gasteiger partial charge in [0.15, 0.2) is 5.89 Å². The van der Waals surface area contributed by atoms with Gasteiger partial charge in [0, 0.05) is 36.7 Å². The summed E-state index contributed by atoms with van der Waals surface area (Å²) in [6, 6.07) is 10.6. The number of pyridine rings is 1. The van der Waals surface area contributed by atoms with Crippen LogP contribution in [0.2, 0.25) is 0 Å². The second kappa shape index (κ2) is 14.3. The molecule has 2 amide bonds.